The smallest absolute Gasteiger partial charge is 0.254 e. The van der Waals surface area contributed by atoms with Crippen LogP contribution in [0.4, 0.5) is 10.2 Å². The summed E-state index contributed by atoms with van der Waals surface area (Å²) in [6.45, 7) is 5.25. The molecule has 2 heterocycles. The van der Waals surface area contributed by atoms with E-state index in [0.717, 1.165) is 23.6 Å². The molecule has 0 aliphatic rings. The molecule has 0 radical (unpaired) electrons. The number of aryl methyl sites for hydroxylation is 1. The fraction of sp³-hybridized carbons (Fsp3) is 0.312. The Morgan fingerprint density at radius 1 is 1.30 bits per heavy atom. The zero-order valence-corrected chi connectivity index (χ0v) is 13.3. The second-order valence-corrected chi connectivity index (χ2v) is 5.21. The second-order valence-electron chi connectivity index (χ2n) is 5.21. The minimum Gasteiger partial charge on any atom is -0.494 e. The molecular formula is C16H18FN5O. The highest BCUT2D eigenvalue weighted by atomic mass is 19.1. The number of aromatic nitrogens is 4. The van der Waals surface area contributed by atoms with Gasteiger partial charge in [0, 0.05) is 24.8 Å². The van der Waals surface area contributed by atoms with E-state index >= 15 is 0 Å². The van der Waals surface area contributed by atoms with Crippen LogP contribution in [0, 0.1) is 12.7 Å². The fourth-order valence-corrected chi connectivity index (χ4v) is 2.52. The molecule has 3 aromatic rings. The third-order valence-electron chi connectivity index (χ3n) is 3.66. The lowest BCUT2D eigenvalue weighted by Gasteiger charge is -2.23. The molecule has 0 spiro atoms. The molecule has 0 atom stereocenters. The van der Waals surface area contributed by atoms with Gasteiger partial charge in [0.2, 0.25) is 0 Å². The molecule has 0 N–H and O–H groups in total. The average Bonchev–Trinajstić information content (AvgIpc) is 3.00. The summed E-state index contributed by atoms with van der Waals surface area (Å²) in [5.74, 6) is 1.32. The SMILES string of the molecule is CCN(Cc1ccc(OC)c(F)c1)c1cc(C)nc2ncnn12. The van der Waals surface area contributed by atoms with Gasteiger partial charge in [0.05, 0.1) is 7.11 Å². The highest BCUT2D eigenvalue weighted by Gasteiger charge is 2.13. The van der Waals surface area contributed by atoms with Crippen molar-refractivity contribution in [1.82, 2.24) is 19.6 Å². The van der Waals surface area contributed by atoms with Gasteiger partial charge in [-0.3, -0.25) is 0 Å². The van der Waals surface area contributed by atoms with Crippen LogP contribution in [0.1, 0.15) is 18.2 Å². The van der Waals surface area contributed by atoms with Crippen LogP contribution in [-0.2, 0) is 6.54 Å². The Labute approximate surface area is 133 Å². The maximum atomic E-state index is 13.9. The lowest BCUT2D eigenvalue weighted by Crippen LogP contribution is -2.25. The molecule has 7 heteroatoms. The van der Waals surface area contributed by atoms with Crippen molar-refractivity contribution in [3.8, 4) is 5.75 Å². The molecule has 0 saturated heterocycles. The van der Waals surface area contributed by atoms with E-state index < -0.39 is 0 Å². The average molecular weight is 315 g/mol. The number of fused-ring (bicyclic) bond motifs is 1. The molecule has 0 bridgehead atoms. The van der Waals surface area contributed by atoms with Crippen LogP contribution >= 0.6 is 0 Å². The molecule has 0 unspecified atom stereocenters. The van der Waals surface area contributed by atoms with E-state index in [2.05, 4.69) is 20.0 Å². The summed E-state index contributed by atoms with van der Waals surface area (Å²) in [4.78, 5) is 10.6. The maximum absolute atomic E-state index is 13.9. The first-order chi connectivity index (χ1) is 11.1. The summed E-state index contributed by atoms with van der Waals surface area (Å²) in [5, 5.41) is 4.22. The molecular weight excluding hydrogens is 297 g/mol. The van der Waals surface area contributed by atoms with Gasteiger partial charge in [-0.05, 0) is 31.5 Å². The van der Waals surface area contributed by atoms with Crippen molar-refractivity contribution in [2.24, 2.45) is 0 Å². The molecule has 1 aromatic carbocycles. The van der Waals surface area contributed by atoms with Crippen LogP contribution in [0.2, 0.25) is 0 Å². The van der Waals surface area contributed by atoms with Crippen molar-refractivity contribution in [1.29, 1.82) is 0 Å². The predicted molar refractivity (Wildman–Crippen MR) is 85.2 cm³/mol. The predicted octanol–water partition coefficient (Wildman–Crippen LogP) is 2.61. The molecule has 0 aliphatic heterocycles. The van der Waals surface area contributed by atoms with Crippen LogP contribution in [0.3, 0.4) is 0 Å². The fourth-order valence-electron chi connectivity index (χ4n) is 2.52. The standard InChI is InChI=1S/C16H18FN5O/c1-4-21(9-12-5-6-14(23-3)13(17)8-12)15-7-11(2)20-16-18-10-19-22(15)16/h5-8,10H,4,9H2,1-3H3. The van der Waals surface area contributed by atoms with Crippen molar-refractivity contribution in [3.05, 3.63) is 47.7 Å². The zero-order chi connectivity index (χ0) is 16.4. The van der Waals surface area contributed by atoms with Crippen molar-refractivity contribution in [3.63, 3.8) is 0 Å². The topological polar surface area (TPSA) is 55.5 Å². The number of hydrogen-bond donors (Lipinski definition) is 0. The molecule has 120 valence electrons. The normalized spacial score (nSPS) is 11.0. The molecule has 2 aromatic heterocycles. The molecule has 0 aliphatic carbocycles. The number of benzene rings is 1. The lowest BCUT2D eigenvalue weighted by molar-refractivity contribution is 0.386. The Hall–Kier alpha value is -2.70. The van der Waals surface area contributed by atoms with E-state index in [-0.39, 0.29) is 11.6 Å². The van der Waals surface area contributed by atoms with E-state index in [4.69, 9.17) is 4.74 Å². The van der Waals surface area contributed by atoms with E-state index in [1.165, 1.54) is 19.5 Å². The maximum Gasteiger partial charge on any atom is 0.254 e. The van der Waals surface area contributed by atoms with Gasteiger partial charge >= 0.3 is 0 Å². The number of ether oxygens (including phenoxy) is 1. The van der Waals surface area contributed by atoms with Gasteiger partial charge in [-0.15, -0.1) is 0 Å². The zero-order valence-electron chi connectivity index (χ0n) is 13.3. The van der Waals surface area contributed by atoms with E-state index in [9.17, 15) is 4.39 Å². The Morgan fingerprint density at radius 2 is 2.13 bits per heavy atom. The Bertz CT molecular complexity index is 832. The monoisotopic (exact) mass is 315 g/mol. The summed E-state index contributed by atoms with van der Waals surface area (Å²) in [7, 11) is 1.46. The van der Waals surface area contributed by atoms with E-state index in [0.29, 0.717) is 12.3 Å². The summed E-state index contributed by atoms with van der Waals surface area (Å²) in [6, 6.07) is 6.94. The first-order valence-electron chi connectivity index (χ1n) is 7.37. The second kappa shape index (κ2) is 6.20. The van der Waals surface area contributed by atoms with E-state index in [1.54, 1.807) is 10.6 Å². The molecule has 0 saturated carbocycles. The molecule has 0 amide bonds. The van der Waals surface area contributed by atoms with Gasteiger partial charge in [-0.1, -0.05) is 6.07 Å². The van der Waals surface area contributed by atoms with E-state index in [1.807, 2.05) is 26.0 Å². The van der Waals surface area contributed by atoms with Crippen molar-refractivity contribution in [2.75, 3.05) is 18.6 Å². The van der Waals surface area contributed by atoms with Gasteiger partial charge in [-0.25, -0.2) is 9.37 Å². The van der Waals surface area contributed by atoms with Gasteiger partial charge in [-0.2, -0.15) is 14.6 Å². The van der Waals surface area contributed by atoms with Crippen LogP contribution in [0.25, 0.3) is 5.78 Å². The van der Waals surface area contributed by atoms with Crippen LogP contribution in [0.15, 0.2) is 30.6 Å². The van der Waals surface area contributed by atoms with Crippen LogP contribution in [-0.4, -0.2) is 33.2 Å². The van der Waals surface area contributed by atoms with Gasteiger partial charge < -0.3 is 9.64 Å². The molecule has 3 rings (SSSR count). The van der Waals surface area contributed by atoms with Crippen LogP contribution < -0.4 is 9.64 Å². The molecule has 23 heavy (non-hydrogen) atoms. The van der Waals surface area contributed by atoms with Crippen molar-refractivity contribution < 1.29 is 9.13 Å². The molecule has 0 fully saturated rings. The summed E-state index contributed by atoms with van der Waals surface area (Å²) >= 11 is 0. The Morgan fingerprint density at radius 3 is 2.83 bits per heavy atom. The largest absolute Gasteiger partial charge is 0.494 e. The van der Waals surface area contributed by atoms with Crippen LogP contribution in [0.5, 0.6) is 5.75 Å². The highest BCUT2D eigenvalue weighted by molar-refractivity contribution is 5.47. The minimum absolute atomic E-state index is 0.246. The van der Waals surface area contributed by atoms with Crippen molar-refractivity contribution >= 4 is 11.6 Å². The number of hydrogen-bond acceptors (Lipinski definition) is 5. The highest BCUT2D eigenvalue weighted by Crippen LogP contribution is 2.22. The number of anilines is 1. The summed E-state index contributed by atoms with van der Waals surface area (Å²) < 4.78 is 20.5. The number of rotatable bonds is 5. The van der Waals surface area contributed by atoms with Gasteiger partial charge in [0.25, 0.3) is 5.78 Å². The first-order valence-corrected chi connectivity index (χ1v) is 7.37. The van der Waals surface area contributed by atoms with Gasteiger partial charge in [0.15, 0.2) is 11.6 Å². The summed E-state index contributed by atoms with van der Waals surface area (Å²) in [5.41, 5.74) is 1.72. The first kappa shape index (κ1) is 15.2. The Balaban J connectivity index is 1.96. The number of methoxy groups -OCH3 is 1. The lowest BCUT2D eigenvalue weighted by atomic mass is 10.2. The third-order valence-corrected chi connectivity index (χ3v) is 3.66. The quantitative estimate of drug-likeness (QED) is 0.724. The number of halogens is 1. The Kier molecular flexibility index (Phi) is 4.10. The third kappa shape index (κ3) is 2.94. The number of nitrogens with zero attached hydrogens (tertiary/aromatic N) is 5. The van der Waals surface area contributed by atoms with Crippen molar-refractivity contribution in [2.45, 2.75) is 20.4 Å². The summed E-state index contributed by atoms with van der Waals surface area (Å²) in [6.07, 6.45) is 1.48. The molecule has 6 nitrogen and oxygen atoms in total. The minimum atomic E-state index is -0.363. The van der Waals surface area contributed by atoms with Gasteiger partial charge in [0.1, 0.15) is 12.1 Å².